The number of hydrogen-bond acceptors (Lipinski definition) is 3. The van der Waals surface area contributed by atoms with Crippen molar-refractivity contribution in [2.24, 2.45) is 0 Å². The third kappa shape index (κ3) is 3.56. The Labute approximate surface area is 113 Å². The molecule has 0 aliphatic heterocycles. The van der Waals surface area contributed by atoms with Gasteiger partial charge in [0.25, 0.3) is 5.91 Å². The van der Waals surface area contributed by atoms with Gasteiger partial charge in [-0.05, 0) is 40.2 Å². The topological polar surface area (TPSA) is 51.2 Å². The van der Waals surface area contributed by atoms with Crippen molar-refractivity contribution in [1.82, 2.24) is 4.98 Å². The number of hydrogen-bond donors (Lipinski definition) is 1. The fraction of sp³-hybridized carbons (Fsp3) is 0.0769. The third-order valence-corrected chi connectivity index (χ3v) is 2.80. The molecule has 2 aromatic rings. The van der Waals surface area contributed by atoms with Crippen LogP contribution in [0.4, 0.5) is 5.69 Å². The van der Waals surface area contributed by atoms with E-state index in [2.05, 4.69) is 26.2 Å². The average molecular weight is 307 g/mol. The van der Waals surface area contributed by atoms with Crippen LogP contribution in [0, 0.1) is 0 Å². The van der Waals surface area contributed by atoms with Crippen molar-refractivity contribution in [3.8, 4) is 5.75 Å². The first-order valence-corrected chi connectivity index (χ1v) is 6.12. The van der Waals surface area contributed by atoms with E-state index in [1.807, 2.05) is 18.2 Å². The van der Waals surface area contributed by atoms with Gasteiger partial charge < -0.3 is 10.1 Å². The summed E-state index contributed by atoms with van der Waals surface area (Å²) in [5, 5.41) is 2.69. The fourth-order valence-electron chi connectivity index (χ4n) is 1.34. The Morgan fingerprint density at radius 1 is 1.28 bits per heavy atom. The van der Waals surface area contributed by atoms with E-state index in [9.17, 15) is 4.79 Å². The summed E-state index contributed by atoms with van der Waals surface area (Å²) in [6, 6.07) is 10.9. The highest BCUT2D eigenvalue weighted by atomic mass is 79.9. The smallest absolute Gasteiger partial charge is 0.262 e. The van der Waals surface area contributed by atoms with Gasteiger partial charge in [0.2, 0.25) is 0 Å². The summed E-state index contributed by atoms with van der Waals surface area (Å²) in [5.74, 6) is 0.414. The first-order chi connectivity index (χ1) is 8.75. The highest BCUT2D eigenvalue weighted by Gasteiger charge is 2.05. The van der Waals surface area contributed by atoms with Crippen LogP contribution in [0.3, 0.4) is 0 Å². The van der Waals surface area contributed by atoms with Gasteiger partial charge in [-0.1, -0.05) is 12.1 Å². The number of nitrogens with zero attached hydrogens (tertiary/aromatic N) is 1. The molecule has 2 rings (SSSR count). The molecule has 0 radical (unpaired) electrons. The van der Waals surface area contributed by atoms with Gasteiger partial charge in [-0.25, -0.2) is 0 Å². The Balaban J connectivity index is 1.88. The zero-order chi connectivity index (χ0) is 12.8. The van der Waals surface area contributed by atoms with E-state index < -0.39 is 0 Å². The van der Waals surface area contributed by atoms with Crippen LogP contribution in [0.1, 0.15) is 0 Å². The SMILES string of the molecule is O=C(COc1ccccc1Br)Nc1cccnc1. The number of ether oxygens (including phenoxy) is 1. The van der Waals surface area contributed by atoms with Gasteiger partial charge in [-0.3, -0.25) is 9.78 Å². The number of carbonyl (C=O) groups excluding carboxylic acids is 1. The van der Waals surface area contributed by atoms with Crippen molar-refractivity contribution in [1.29, 1.82) is 0 Å². The number of benzene rings is 1. The molecule has 0 bridgehead atoms. The fourth-order valence-corrected chi connectivity index (χ4v) is 1.74. The lowest BCUT2D eigenvalue weighted by Crippen LogP contribution is -2.20. The van der Waals surface area contributed by atoms with E-state index in [1.54, 1.807) is 30.6 Å². The van der Waals surface area contributed by atoms with Gasteiger partial charge in [0.15, 0.2) is 6.61 Å². The van der Waals surface area contributed by atoms with Gasteiger partial charge in [0, 0.05) is 6.20 Å². The predicted octanol–water partition coefficient (Wildman–Crippen LogP) is 2.86. The first-order valence-electron chi connectivity index (χ1n) is 5.33. The minimum Gasteiger partial charge on any atom is -0.483 e. The monoisotopic (exact) mass is 306 g/mol. The van der Waals surface area contributed by atoms with E-state index in [-0.39, 0.29) is 12.5 Å². The minimum absolute atomic E-state index is 0.0441. The van der Waals surface area contributed by atoms with Crippen LogP contribution in [0.2, 0.25) is 0 Å². The molecule has 0 spiro atoms. The molecule has 1 N–H and O–H groups in total. The standard InChI is InChI=1S/C13H11BrN2O2/c14-11-5-1-2-6-12(11)18-9-13(17)16-10-4-3-7-15-8-10/h1-8H,9H2,(H,16,17). The van der Waals surface area contributed by atoms with Crippen LogP contribution in [-0.4, -0.2) is 17.5 Å². The maximum atomic E-state index is 11.6. The summed E-state index contributed by atoms with van der Waals surface area (Å²) in [4.78, 5) is 15.5. The highest BCUT2D eigenvalue weighted by Crippen LogP contribution is 2.23. The molecule has 1 aromatic heterocycles. The zero-order valence-corrected chi connectivity index (χ0v) is 11.1. The predicted molar refractivity (Wildman–Crippen MR) is 72.5 cm³/mol. The highest BCUT2D eigenvalue weighted by molar-refractivity contribution is 9.10. The molecule has 1 heterocycles. The molecule has 1 amide bonds. The summed E-state index contributed by atoms with van der Waals surface area (Å²) in [6.45, 7) is -0.0441. The van der Waals surface area contributed by atoms with Crippen LogP contribution in [0.5, 0.6) is 5.75 Å². The van der Waals surface area contributed by atoms with E-state index in [0.717, 1.165) is 4.47 Å². The number of aromatic nitrogens is 1. The number of rotatable bonds is 4. The van der Waals surface area contributed by atoms with Gasteiger partial charge in [0.05, 0.1) is 16.4 Å². The number of para-hydroxylation sites is 1. The number of carbonyl (C=O) groups is 1. The number of amides is 1. The molecular weight excluding hydrogens is 296 g/mol. The van der Waals surface area contributed by atoms with Crippen LogP contribution in [0.15, 0.2) is 53.3 Å². The molecular formula is C13H11BrN2O2. The zero-order valence-electron chi connectivity index (χ0n) is 9.47. The maximum Gasteiger partial charge on any atom is 0.262 e. The quantitative estimate of drug-likeness (QED) is 0.945. The molecule has 0 fully saturated rings. The van der Waals surface area contributed by atoms with Gasteiger partial charge >= 0.3 is 0 Å². The van der Waals surface area contributed by atoms with E-state index in [1.165, 1.54) is 0 Å². The van der Waals surface area contributed by atoms with Crippen LogP contribution in [-0.2, 0) is 4.79 Å². The molecule has 0 aliphatic carbocycles. The van der Waals surface area contributed by atoms with Crippen molar-refractivity contribution in [2.45, 2.75) is 0 Å². The maximum absolute atomic E-state index is 11.6. The number of anilines is 1. The molecule has 1 aromatic carbocycles. The van der Waals surface area contributed by atoms with E-state index >= 15 is 0 Å². The lowest BCUT2D eigenvalue weighted by atomic mass is 10.3. The Morgan fingerprint density at radius 3 is 2.83 bits per heavy atom. The summed E-state index contributed by atoms with van der Waals surface area (Å²) in [5.41, 5.74) is 0.651. The summed E-state index contributed by atoms with van der Waals surface area (Å²) in [7, 11) is 0. The van der Waals surface area contributed by atoms with Gasteiger partial charge in [-0.2, -0.15) is 0 Å². The molecule has 0 unspecified atom stereocenters. The number of nitrogens with one attached hydrogen (secondary N) is 1. The third-order valence-electron chi connectivity index (χ3n) is 2.14. The number of pyridine rings is 1. The van der Waals surface area contributed by atoms with Crippen molar-refractivity contribution in [3.05, 3.63) is 53.3 Å². The van der Waals surface area contributed by atoms with E-state index in [0.29, 0.717) is 11.4 Å². The molecule has 92 valence electrons. The molecule has 0 atom stereocenters. The molecule has 0 aliphatic rings. The van der Waals surface area contributed by atoms with Crippen molar-refractivity contribution >= 4 is 27.5 Å². The Morgan fingerprint density at radius 2 is 2.11 bits per heavy atom. The van der Waals surface area contributed by atoms with Crippen molar-refractivity contribution < 1.29 is 9.53 Å². The van der Waals surface area contributed by atoms with Crippen molar-refractivity contribution in [3.63, 3.8) is 0 Å². The number of halogens is 1. The second-order valence-corrected chi connectivity index (χ2v) is 4.36. The van der Waals surface area contributed by atoms with E-state index in [4.69, 9.17) is 4.74 Å². The molecule has 5 heteroatoms. The molecule has 0 saturated carbocycles. The lowest BCUT2D eigenvalue weighted by molar-refractivity contribution is -0.118. The minimum atomic E-state index is -0.223. The van der Waals surface area contributed by atoms with Crippen LogP contribution in [0.25, 0.3) is 0 Å². The van der Waals surface area contributed by atoms with Gasteiger partial charge in [0.1, 0.15) is 5.75 Å². The largest absolute Gasteiger partial charge is 0.483 e. The molecule has 18 heavy (non-hydrogen) atoms. The summed E-state index contributed by atoms with van der Waals surface area (Å²) < 4.78 is 6.21. The Bertz CT molecular complexity index is 532. The second-order valence-electron chi connectivity index (χ2n) is 3.51. The first kappa shape index (κ1) is 12.6. The normalized spacial score (nSPS) is 9.83. The summed E-state index contributed by atoms with van der Waals surface area (Å²) in [6.07, 6.45) is 3.23. The second kappa shape index (κ2) is 6.16. The Hall–Kier alpha value is -1.88. The molecule has 0 saturated heterocycles. The summed E-state index contributed by atoms with van der Waals surface area (Å²) >= 11 is 3.35. The van der Waals surface area contributed by atoms with Crippen molar-refractivity contribution in [2.75, 3.05) is 11.9 Å². The molecule has 4 nitrogen and oxygen atoms in total. The van der Waals surface area contributed by atoms with Crippen LogP contribution < -0.4 is 10.1 Å². The average Bonchev–Trinajstić information content (AvgIpc) is 2.39. The lowest BCUT2D eigenvalue weighted by Gasteiger charge is -2.08. The van der Waals surface area contributed by atoms with Crippen LogP contribution >= 0.6 is 15.9 Å². The Kier molecular flexibility index (Phi) is 4.30. The van der Waals surface area contributed by atoms with Gasteiger partial charge in [-0.15, -0.1) is 0 Å².